The first-order valence-corrected chi connectivity index (χ1v) is 10.5. The van der Waals surface area contributed by atoms with Gasteiger partial charge >= 0.3 is 6.09 Å². The number of benzene rings is 1. The number of amides is 2. The van der Waals surface area contributed by atoms with Gasteiger partial charge in [-0.05, 0) is 38.5 Å². The van der Waals surface area contributed by atoms with Crippen LogP contribution in [0.3, 0.4) is 0 Å². The van der Waals surface area contributed by atoms with Gasteiger partial charge in [0.05, 0.1) is 29.7 Å². The second-order valence-corrected chi connectivity index (χ2v) is 8.14. The highest BCUT2D eigenvalue weighted by atomic mass is 16.6. The molecule has 1 aliphatic rings. The summed E-state index contributed by atoms with van der Waals surface area (Å²) in [5, 5.41) is 8.28. The van der Waals surface area contributed by atoms with E-state index in [1.807, 2.05) is 45.2 Å². The van der Waals surface area contributed by atoms with Gasteiger partial charge < -0.3 is 14.2 Å². The van der Waals surface area contributed by atoms with Gasteiger partial charge in [0.15, 0.2) is 5.82 Å². The predicted octanol–water partition coefficient (Wildman–Crippen LogP) is 3.40. The zero-order chi connectivity index (χ0) is 23.0. The van der Waals surface area contributed by atoms with Crippen LogP contribution in [0.15, 0.2) is 35.1 Å². The summed E-state index contributed by atoms with van der Waals surface area (Å²) < 4.78 is 12.2. The fourth-order valence-corrected chi connectivity index (χ4v) is 3.87. The molecule has 10 nitrogen and oxygen atoms in total. The Morgan fingerprint density at radius 2 is 2.03 bits per heavy atom. The van der Waals surface area contributed by atoms with E-state index in [0.29, 0.717) is 36.2 Å². The largest absolute Gasteiger partial charge is 0.446 e. The Labute approximate surface area is 185 Å². The highest BCUT2D eigenvalue weighted by Crippen LogP contribution is 2.39. The second kappa shape index (κ2) is 8.45. The Balaban J connectivity index is 1.69. The molecule has 3 aromatic rings. The molecule has 32 heavy (non-hydrogen) atoms. The van der Waals surface area contributed by atoms with Gasteiger partial charge in [-0.2, -0.15) is 10.1 Å². The van der Waals surface area contributed by atoms with Crippen LogP contribution in [0.2, 0.25) is 0 Å². The SMILES string of the molecule is CC(=O)N1c2ccc(-c3cnn(Cc4noc(C)n4)c3)cc2N(C(=O)OC(C)C)C[C@@H]1C. The molecule has 0 N–H and O–H groups in total. The number of aryl methyl sites for hydroxylation is 1. The average molecular weight is 438 g/mol. The minimum Gasteiger partial charge on any atom is -0.446 e. The van der Waals surface area contributed by atoms with Crippen molar-refractivity contribution in [3.63, 3.8) is 0 Å². The molecule has 2 aromatic heterocycles. The lowest BCUT2D eigenvalue weighted by Gasteiger charge is -2.40. The van der Waals surface area contributed by atoms with E-state index in [9.17, 15) is 9.59 Å². The normalized spacial score (nSPS) is 15.8. The van der Waals surface area contributed by atoms with E-state index >= 15 is 0 Å². The molecular weight excluding hydrogens is 412 g/mol. The molecule has 1 aromatic carbocycles. The smallest absolute Gasteiger partial charge is 0.414 e. The quantitative estimate of drug-likeness (QED) is 0.614. The first-order chi connectivity index (χ1) is 15.2. The molecule has 2 amide bonds. The molecule has 10 heteroatoms. The molecule has 0 bridgehead atoms. The van der Waals surface area contributed by atoms with Crippen molar-refractivity contribution >= 4 is 23.4 Å². The molecule has 168 valence electrons. The van der Waals surface area contributed by atoms with E-state index in [2.05, 4.69) is 15.2 Å². The molecule has 1 atom stereocenters. The van der Waals surface area contributed by atoms with Crippen molar-refractivity contribution in [2.45, 2.75) is 53.3 Å². The van der Waals surface area contributed by atoms with Crippen LogP contribution in [0.1, 0.15) is 39.4 Å². The van der Waals surface area contributed by atoms with Crippen LogP contribution in [0, 0.1) is 6.92 Å². The molecule has 0 fully saturated rings. The van der Waals surface area contributed by atoms with Crippen molar-refractivity contribution in [3.05, 3.63) is 42.3 Å². The summed E-state index contributed by atoms with van der Waals surface area (Å²) in [6.45, 7) is 9.52. The lowest BCUT2D eigenvalue weighted by Crippen LogP contribution is -2.51. The van der Waals surface area contributed by atoms with E-state index in [0.717, 1.165) is 11.1 Å². The van der Waals surface area contributed by atoms with Gasteiger partial charge in [-0.25, -0.2) is 4.79 Å². The number of carbonyl (C=O) groups excluding carboxylic acids is 2. The summed E-state index contributed by atoms with van der Waals surface area (Å²) in [7, 11) is 0. The van der Waals surface area contributed by atoms with Crippen LogP contribution in [0.4, 0.5) is 16.2 Å². The number of ether oxygens (including phenoxy) is 1. The zero-order valence-electron chi connectivity index (χ0n) is 18.8. The third kappa shape index (κ3) is 4.20. The highest BCUT2D eigenvalue weighted by Gasteiger charge is 2.34. The number of fused-ring (bicyclic) bond motifs is 1. The molecular formula is C22H26N6O4. The fraction of sp³-hybridized carbons (Fsp3) is 0.409. The van der Waals surface area contributed by atoms with Gasteiger partial charge in [-0.15, -0.1) is 0 Å². The first kappa shape index (κ1) is 21.5. The summed E-state index contributed by atoms with van der Waals surface area (Å²) in [5.74, 6) is 0.961. The van der Waals surface area contributed by atoms with Crippen molar-refractivity contribution in [2.24, 2.45) is 0 Å². The van der Waals surface area contributed by atoms with Crippen molar-refractivity contribution < 1.29 is 18.8 Å². The Morgan fingerprint density at radius 1 is 1.25 bits per heavy atom. The van der Waals surface area contributed by atoms with Crippen LogP contribution in [-0.4, -0.2) is 50.6 Å². The van der Waals surface area contributed by atoms with Crippen LogP contribution < -0.4 is 9.80 Å². The number of rotatable bonds is 4. The summed E-state index contributed by atoms with van der Waals surface area (Å²) in [5.41, 5.74) is 3.02. The summed E-state index contributed by atoms with van der Waals surface area (Å²) in [4.78, 5) is 32.6. The van der Waals surface area contributed by atoms with Crippen LogP contribution in [0.25, 0.3) is 11.1 Å². The minimum atomic E-state index is -0.434. The van der Waals surface area contributed by atoms with Gasteiger partial charge in [0.2, 0.25) is 11.8 Å². The molecule has 0 unspecified atom stereocenters. The number of hydrogen-bond acceptors (Lipinski definition) is 7. The van der Waals surface area contributed by atoms with Gasteiger partial charge in [0.25, 0.3) is 0 Å². The van der Waals surface area contributed by atoms with E-state index in [1.54, 1.807) is 27.6 Å². The Kier molecular flexibility index (Phi) is 5.68. The Morgan fingerprint density at radius 3 is 2.69 bits per heavy atom. The topological polar surface area (TPSA) is 107 Å². The molecule has 0 spiro atoms. The van der Waals surface area contributed by atoms with Crippen LogP contribution in [-0.2, 0) is 16.1 Å². The Bertz CT molecular complexity index is 1150. The van der Waals surface area contributed by atoms with Gasteiger partial charge in [-0.1, -0.05) is 11.2 Å². The highest BCUT2D eigenvalue weighted by molar-refractivity contribution is 6.03. The molecule has 0 aliphatic carbocycles. The van der Waals surface area contributed by atoms with Crippen LogP contribution >= 0.6 is 0 Å². The summed E-state index contributed by atoms with van der Waals surface area (Å²) in [6.07, 6.45) is 2.93. The monoisotopic (exact) mass is 438 g/mol. The van der Waals surface area contributed by atoms with Crippen LogP contribution in [0.5, 0.6) is 0 Å². The summed E-state index contributed by atoms with van der Waals surface area (Å²) >= 11 is 0. The molecule has 4 rings (SSSR count). The lowest BCUT2D eigenvalue weighted by molar-refractivity contribution is -0.117. The van der Waals surface area contributed by atoms with E-state index in [1.165, 1.54) is 6.92 Å². The lowest BCUT2D eigenvalue weighted by atomic mass is 10.0. The van der Waals surface area contributed by atoms with Crippen molar-refractivity contribution in [1.82, 2.24) is 19.9 Å². The van der Waals surface area contributed by atoms with Gasteiger partial charge in [0, 0.05) is 32.2 Å². The Hall–Kier alpha value is -3.69. The van der Waals surface area contributed by atoms with Crippen molar-refractivity contribution in [1.29, 1.82) is 0 Å². The number of nitrogens with zero attached hydrogens (tertiary/aromatic N) is 6. The molecule has 3 heterocycles. The molecule has 0 saturated heterocycles. The zero-order valence-corrected chi connectivity index (χ0v) is 18.8. The maximum Gasteiger partial charge on any atom is 0.414 e. The van der Waals surface area contributed by atoms with Gasteiger partial charge in [-0.3, -0.25) is 14.4 Å². The number of carbonyl (C=O) groups is 2. The third-order valence-corrected chi connectivity index (χ3v) is 5.15. The second-order valence-electron chi connectivity index (χ2n) is 8.14. The van der Waals surface area contributed by atoms with E-state index in [-0.39, 0.29) is 18.1 Å². The first-order valence-electron chi connectivity index (χ1n) is 10.5. The third-order valence-electron chi connectivity index (χ3n) is 5.15. The van der Waals surface area contributed by atoms with E-state index < -0.39 is 6.09 Å². The van der Waals surface area contributed by atoms with Crippen molar-refractivity contribution in [3.8, 4) is 11.1 Å². The maximum atomic E-state index is 12.8. The maximum absolute atomic E-state index is 12.8. The molecule has 0 radical (unpaired) electrons. The number of anilines is 2. The molecule has 0 saturated carbocycles. The number of hydrogen-bond donors (Lipinski definition) is 0. The number of aromatic nitrogens is 4. The predicted molar refractivity (Wildman–Crippen MR) is 117 cm³/mol. The molecule has 1 aliphatic heterocycles. The average Bonchev–Trinajstić information content (AvgIpc) is 3.35. The van der Waals surface area contributed by atoms with Crippen molar-refractivity contribution in [2.75, 3.05) is 16.3 Å². The standard InChI is InChI=1S/C22H26N6O4/c1-13(2)31-22(30)27-10-14(3)28(16(5)29)19-7-6-17(8-20(19)27)18-9-23-26(11-18)12-21-24-15(4)32-25-21/h6-9,11,13-14H,10,12H2,1-5H3/t14-/m0/s1. The van der Waals surface area contributed by atoms with E-state index in [4.69, 9.17) is 9.26 Å². The fourth-order valence-electron chi connectivity index (χ4n) is 3.87. The minimum absolute atomic E-state index is 0.0772. The summed E-state index contributed by atoms with van der Waals surface area (Å²) in [6, 6.07) is 5.49. The van der Waals surface area contributed by atoms with Gasteiger partial charge in [0.1, 0.15) is 6.54 Å².